The summed E-state index contributed by atoms with van der Waals surface area (Å²) in [5.74, 6) is 0.281. The van der Waals surface area contributed by atoms with Crippen LogP contribution in [0.5, 0.6) is 0 Å². The van der Waals surface area contributed by atoms with Crippen LogP contribution in [0.1, 0.15) is 0 Å². The van der Waals surface area contributed by atoms with Crippen LogP contribution >= 0.6 is 0 Å². The summed E-state index contributed by atoms with van der Waals surface area (Å²) in [5.41, 5.74) is 3.06. The maximum atomic E-state index is 12.6. The van der Waals surface area contributed by atoms with Crippen LogP contribution in [0.2, 0.25) is 0 Å². The molecule has 141 valence electrons. The van der Waals surface area contributed by atoms with E-state index in [4.69, 9.17) is 0 Å². The van der Waals surface area contributed by atoms with E-state index in [9.17, 15) is 4.39 Å². The van der Waals surface area contributed by atoms with Gasteiger partial charge in [-0.05, 0) is 36.2 Å². The molecule has 0 aliphatic carbocycles. The van der Waals surface area contributed by atoms with Crippen molar-refractivity contribution in [3.8, 4) is 17.2 Å². The number of halogens is 1. The third-order valence-corrected chi connectivity index (χ3v) is 3.62. The Balaban J connectivity index is 0.000000156. The first kappa shape index (κ1) is 19.5. The van der Waals surface area contributed by atoms with Gasteiger partial charge in [-0.25, -0.2) is 5.10 Å². The fourth-order valence-corrected chi connectivity index (χ4v) is 2.37. The predicted molar refractivity (Wildman–Crippen MR) is 98.4 cm³/mol. The zero-order valence-electron chi connectivity index (χ0n) is 14.4. The molecule has 0 aliphatic rings. The van der Waals surface area contributed by atoms with Crippen molar-refractivity contribution in [1.82, 2.24) is 29.7 Å². The molecule has 28 heavy (non-hydrogen) atoms. The van der Waals surface area contributed by atoms with Crippen molar-refractivity contribution in [3.63, 3.8) is 0 Å². The standard InChI is InChI=1S/C11H7FN.C9H6N5.Ir/c12-10-6-4-9(5-7-10)11-3-1-2-8-13-11;1-3-7-8(10-4-1)13-9(12-7)14-6-2-5-11-14;/h1-4,6-8H;1-6H;/q2*-1;. The van der Waals surface area contributed by atoms with Gasteiger partial charge < -0.3 is 19.6 Å². The predicted octanol–water partition coefficient (Wildman–Crippen LogP) is 3.46. The molecule has 5 aromatic rings. The molecular weight excluding hydrogens is 535 g/mol. The minimum absolute atomic E-state index is 0. The second-order valence-electron chi connectivity index (χ2n) is 5.46. The topological polar surface area (TPSA) is 70.6 Å². The van der Waals surface area contributed by atoms with Crippen molar-refractivity contribution in [2.24, 2.45) is 0 Å². The minimum Gasteiger partial charge on any atom is -0.355 e. The number of pyridine rings is 2. The second kappa shape index (κ2) is 9.12. The summed E-state index contributed by atoms with van der Waals surface area (Å²) in [4.78, 5) is 16.7. The van der Waals surface area contributed by atoms with E-state index in [1.165, 1.54) is 12.1 Å². The Labute approximate surface area is 173 Å². The number of rotatable bonds is 2. The van der Waals surface area contributed by atoms with E-state index >= 15 is 0 Å². The largest absolute Gasteiger partial charge is 0.355 e. The van der Waals surface area contributed by atoms with Crippen LogP contribution in [0.4, 0.5) is 4.39 Å². The first-order valence-electron chi connectivity index (χ1n) is 8.14. The molecule has 6 nitrogen and oxygen atoms in total. The van der Waals surface area contributed by atoms with Crippen molar-refractivity contribution in [2.75, 3.05) is 0 Å². The molecule has 0 N–H and O–H groups in total. The summed E-state index contributed by atoms with van der Waals surface area (Å²) in [6, 6.07) is 18.3. The van der Waals surface area contributed by atoms with Gasteiger partial charge in [0.2, 0.25) is 0 Å². The van der Waals surface area contributed by atoms with Gasteiger partial charge in [0.25, 0.3) is 0 Å². The van der Waals surface area contributed by atoms with Gasteiger partial charge in [0.1, 0.15) is 0 Å². The number of hydrogen-bond donors (Lipinski definition) is 0. The molecule has 0 atom stereocenters. The van der Waals surface area contributed by atoms with E-state index in [1.807, 2.05) is 36.4 Å². The van der Waals surface area contributed by atoms with Crippen LogP contribution in [0.25, 0.3) is 28.4 Å². The van der Waals surface area contributed by atoms with Crippen LogP contribution in [0.3, 0.4) is 0 Å². The fraction of sp³-hybridized carbons (Fsp3) is 0. The summed E-state index contributed by atoms with van der Waals surface area (Å²) in [7, 11) is 0. The zero-order valence-corrected chi connectivity index (χ0v) is 16.8. The summed E-state index contributed by atoms with van der Waals surface area (Å²) >= 11 is 0. The number of imidazole rings is 1. The van der Waals surface area contributed by atoms with Crippen molar-refractivity contribution in [3.05, 3.63) is 91.3 Å². The van der Waals surface area contributed by atoms with Gasteiger partial charge in [0, 0.05) is 56.0 Å². The summed E-state index contributed by atoms with van der Waals surface area (Å²) in [6.45, 7) is 0. The molecule has 5 rings (SSSR count). The average Bonchev–Trinajstić information content (AvgIpc) is 3.39. The molecular formula is C20H13FIrN6-2. The molecule has 0 amide bonds. The molecule has 0 fully saturated rings. The Morgan fingerprint density at radius 1 is 0.929 bits per heavy atom. The van der Waals surface area contributed by atoms with Crippen molar-refractivity contribution in [2.45, 2.75) is 0 Å². The first-order chi connectivity index (χ1) is 13.3. The quantitative estimate of drug-likeness (QED) is 0.316. The molecule has 4 aromatic heterocycles. The van der Waals surface area contributed by atoms with Gasteiger partial charge in [0.05, 0.1) is 5.65 Å². The van der Waals surface area contributed by atoms with Gasteiger partial charge in [-0.2, -0.15) is 0 Å². The maximum absolute atomic E-state index is 12.6. The number of aromatic nitrogens is 6. The van der Waals surface area contributed by atoms with E-state index in [0.717, 1.165) is 16.8 Å². The Hall–Kier alpha value is -3.22. The van der Waals surface area contributed by atoms with Gasteiger partial charge in [-0.3, -0.25) is 9.37 Å². The molecule has 0 unspecified atom stereocenters. The van der Waals surface area contributed by atoms with E-state index in [0.29, 0.717) is 11.6 Å². The molecule has 0 bridgehead atoms. The maximum Gasteiger partial charge on any atom is 0.0939 e. The number of nitrogens with zero attached hydrogens (tertiary/aromatic N) is 6. The first-order valence-corrected chi connectivity index (χ1v) is 8.14. The van der Waals surface area contributed by atoms with E-state index < -0.39 is 0 Å². The Morgan fingerprint density at radius 2 is 1.82 bits per heavy atom. The van der Waals surface area contributed by atoms with Crippen molar-refractivity contribution >= 4 is 11.2 Å². The molecule has 4 heterocycles. The SMILES string of the molecule is Fc1c[c-]c(-c2ccccn2)cc1.[Ir].c1cnc2nc(-n3cccn3)[n-]c2c1. The molecule has 0 saturated carbocycles. The monoisotopic (exact) mass is 549 g/mol. The number of fused-ring (bicyclic) bond motifs is 1. The normalized spacial score (nSPS) is 10.0. The zero-order chi connectivity index (χ0) is 18.5. The molecule has 0 aliphatic heterocycles. The minimum atomic E-state index is -0.278. The number of benzene rings is 1. The van der Waals surface area contributed by atoms with Crippen LogP contribution in [-0.2, 0) is 20.1 Å². The van der Waals surface area contributed by atoms with Crippen LogP contribution in [0, 0.1) is 11.9 Å². The Bertz CT molecular complexity index is 1090. The molecule has 1 aromatic carbocycles. The summed E-state index contributed by atoms with van der Waals surface area (Å²) in [5, 5.41) is 4.05. The second-order valence-corrected chi connectivity index (χ2v) is 5.46. The molecule has 8 heteroatoms. The van der Waals surface area contributed by atoms with Gasteiger partial charge >= 0.3 is 0 Å². The van der Waals surface area contributed by atoms with Crippen LogP contribution in [-0.4, -0.2) is 24.7 Å². The van der Waals surface area contributed by atoms with E-state index in [-0.39, 0.29) is 25.9 Å². The van der Waals surface area contributed by atoms with Crippen molar-refractivity contribution < 1.29 is 24.5 Å². The molecule has 0 saturated heterocycles. The van der Waals surface area contributed by atoms with Gasteiger partial charge in [-0.15, -0.1) is 29.8 Å². The van der Waals surface area contributed by atoms with E-state index in [2.05, 4.69) is 31.1 Å². The summed E-state index contributed by atoms with van der Waals surface area (Å²) in [6.07, 6.45) is 6.89. The molecule has 1 radical (unpaired) electrons. The molecule has 0 spiro atoms. The van der Waals surface area contributed by atoms with Crippen LogP contribution in [0.15, 0.2) is 79.4 Å². The van der Waals surface area contributed by atoms with Gasteiger partial charge in [-0.1, -0.05) is 12.1 Å². The Morgan fingerprint density at radius 3 is 2.50 bits per heavy atom. The smallest absolute Gasteiger partial charge is 0.0939 e. The van der Waals surface area contributed by atoms with Gasteiger partial charge in [0.15, 0.2) is 0 Å². The van der Waals surface area contributed by atoms with Crippen LogP contribution < -0.4 is 4.98 Å². The van der Waals surface area contributed by atoms with E-state index in [1.54, 1.807) is 35.5 Å². The average molecular weight is 549 g/mol. The third kappa shape index (κ3) is 4.54. The van der Waals surface area contributed by atoms with Crippen molar-refractivity contribution in [1.29, 1.82) is 0 Å². The Kier molecular flexibility index (Phi) is 6.37. The summed E-state index contributed by atoms with van der Waals surface area (Å²) < 4.78 is 14.2. The fourth-order valence-electron chi connectivity index (χ4n) is 2.37. The number of hydrogen-bond acceptors (Lipinski definition) is 4. The third-order valence-electron chi connectivity index (χ3n) is 3.62.